The van der Waals surface area contributed by atoms with Crippen molar-refractivity contribution in [3.63, 3.8) is 0 Å². The third kappa shape index (κ3) is 3.43. The molecule has 0 aromatic heterocycles. The molecule has 25 heavy (non-hydrogen) atoms. The van der Waals surface area contributed by atoms with Crippen LogP contribution in [0.4, 0.5) is 0 Å². The van der Waals surface area contributed by atoms with Crippen LogP contribution in [0.15, 0.2) is 30.3 Å². The van der Waals surface area contributed by atoms with Crippen molar-refractivity contribution in [1.29, 1.82) is 0 Å². The molecule has 1 N–H and O–H groups in total. The van der Waals surface area contributed by atoms with Gasteiger partial charge in [-0.2, -0.15) is 0 Å². The minimum absolute atomic E-state index is 0.0261. The van der Waals surface area contributed by atoms with E-state index >= 15 is 0 Å². The van der Waals surface area contributed by atoms with Crippen molar-refractivity contribution in [3.8, 4) is 0 Å². The van der Waals surface area contributed by atoms with E-state index in [2.05, 4.69) is 5.32 Å². The molecule has 5 nitrogen and oxygen atoms in total. The fraction of sp³-hybridized carbons (Fsp3) is 0.600. The van der Waals surface area contributed by atoms with E-state index < -0.39 is 0 Å². The number of ether oxygens (including phenoxy) is 1. The van der Waals surface area contributed by atoms with E-state index in [-0.39, 0.29) is 17.4 Å². The van der Waals surface area contributed by atoms with Gasteiger partial charge in [0.1, 0.15) is 5.60 Å². The number of hydrogen-bond donors (Lipinski definition) is 1. The molecule has 0 bridgehead atoms. The summed E-state index contributed by atoms with van der Waals surface area (Å²) in [6, 6.07) is 9.29. The van der Waals surface area contributed by atoms with Crippen LogP contribution in [0.5, 0.6) is 0 Å². The third-order valence-electron chi connectivity index (χ3n) is 5.94. The average molecular weight is 342 g/mol. The Morgan fingerprint density at radius 2 is 1.92 bits per heavy atom. The van der Waals surface area contributed by atoms with Crippen LogP contribution < -0.4 is 5.32 Å². The van der Waals surface area contributed by atoms with Gasteiger partial charge in [-0.3, -0.25) is 9.59 Å². The van der Waals surface area contributed by atoms with Gasteiger partial charge in [0.05, 0.1) is 19.7 Å². The molecule has 1 aliphatic carbocycles. The van der Waals surface area contributed by atoms with Crippen molar-refractivity contribution < 1.29 is 14.3 Å². The molecule has 134 valence electrons. The first-order valence-corrected chi connectivity index (χ1v) is 9.41. The molecule has 2 amide bonds. The van der Waals surface area contributed by atoms with E-state index in [9.17, 15) is 9.59 Å². The first kappa shape index (κ1) is 16.6. The van der Waals surface area contributed by atoms with Gasteiger partial charge in [-0.25, -0.2) is 0 Å². The maximum absolute atomic E-state index is 12.2. The predicted molar refractivity (Wildman–Crippen MR) is 94.1 cm³/mol. The number of nitrogens with zero attached hydrogens (tertiary/aromatic N) is 1. The van der Waals surface area contributed by atoms with Crippen molar-refractivity contribution >= 4 is 11.8 Å². The Balaban J connectivity index is 1.19. The van der Waals surface area contributed by atoms with Gasteiger partial charge >= 0.3 is 0 Å². The molecule has 0 radical (unpaired) electrons. The van der Waals surface area contributed by atoms with Gasteiger partial charge in [0.25, 0.3) is 5.91 Å². The van der Waals surface area contributed by atoms with Gasteiger partial charge in [0, 0.05) is 18.0 Å². The summed E-state index contributed by atoms with van der Waals surface area (Å²) in [6.45, 7) is 2.83. The molecule has 3 fully saturated rings. The van der Waals surface area contributed by atoms with Crippen LogP contribution in [0.3, 0.4) is 0 Å². The van der Waals surface area contributed by atoms with Gasteiger partial charge in [-0.05, 0) is 43.7 Å². The van der Waals surface area contributed by atoms with E-state index in [0.717, 1.165) is 38.8 Å². The lowest BCUT2D eigenvalue weighted by molar-refractivity contribution is -0.192. The monoisotopic (exact) mass is 342 g/mol. The molecule has 2 saturated heterocycles. The molecular weight excluding hydrogens is 316 g/mol. The summed E-state index contributed by atoms with van der Waals surface area (Å²) < 4.78 is 6.12. The van der Waals surface area contributed by atoms with Crippen LogP contribution in [-0.2, 0) is 9.53 Å². The molecule has 4 rings (SSSR count). The zero-order chi connectivity index (χ0) is 17.3. The number of nitrogens with one attached hydrogen (secondary N) is 1. The lowest BCUT2D eigenvalue weighted by Gasteiger charge is -2.54. The van der Waals surface area contributed by atoms with E-state index in [0.29, 0.717) is 30.5 Å². The predicted octanol–water partition coefficient (Wildman–Crippen LogP) is 2.22. The topological polar surface area (TPSA) is 58.6 Å². The highest BCUT2D eigenvalue weighted by Crippen LogP contribution is 2.38. The summed E-state index contributed by atoms with van der Waals surface area (Å²) >= 11 is 0. The van der Waals surface area contributed by atoms with Crippen LogP contribution in [0.2, 0.25) is 0 Å². The summed E-state index contributed by atoms with van der Waals surface area (Å²) in [5.41, 5.74) is 0.583. The number of likely N-dealkylation sites (tertiary alicyclic amines) is 1. The number of benzene rings is 1. The average Bonchev–Trinajstić information content (AvgIpc) is 2.57. The first-order valence-electron chi connectivity index (χ1n) is 9.41. The van der Waals surface area contributed by atoms with Crippen molar-refractivity contribution in [2.45, 2.75) is 37.7 Å². The Morgan fingerprint density at radius 3 is 2.52 bits per heavy atom. The summed E-state index contributed by atoms with van der Waals surface area (Å²) in [6.07, 6.45) is 5.34. The molecule has 2 heterocycles. The van der Waals surface area contributed by atoms with E-state index in [1.165, 1.54) is 6.42 Å². The molecule has 0 unspecified atom stereocenters. The summed E-state index contributed by atoms with van der Waals surface area (Å²) in [7, 11) is 0. The number of carbonyl (C=O) groups is 2. The highest BCUT2D eigenvalue weighted by molar-refractivity contribution is 5.94. The van der Waals surface area contributed by atoms with E-state index in [4.69, 9.17) is 4.74 Å². The molecule has 5 heteroatoms. The lowest BCUT2D eigenvalue weighted by atomic mass is 9.79. The zero-order valence-corrected chi connectivity index (χ0v) is 14.6. The van der Waals surface area contributed by atoms with E-state index in [1.807, 2.05) is 35.2 Å². The second kappa shape index (κ2) is 6.79. The minimum atomic E-state index is -0.112. The Labute approximate surface area is 148 Å². The van der Waals surface area contributed by atoms with Gasteiger partial charge < -0.3 is 15.0 Å². The standard InChI is InChI=1S/C20H26N2O3/c23-18(16-5-2-1-3-6-16)21-11-15-9-10-20(25-12-15)13-22(14-20)19(24)17-7-4-8-17/h1-3,5-6,15,17H,4,7-14H2,(H,21,23)/t15-/m1/s1. The summed E-state index contributed by atoms with van der Waals surface area (Å²) in [4.78, 5) is 26.3. The van der Waals surface area contributed by atoms with Gasteiger partial charge in [-0.15, -0.1) is 0 Å². The molecule has 1 spiro atoms. The number of rotatable bonds is 4. The minimum Gasteiger partial charge on any atom is -0.371 e. The van der Waals surface area contributed by atoms with Crippen LogP contribution in [-0.4, -0.2) is 48.6 Å². The SMILES string of the molecule is O=C(NC[C@H]1CCC2(CN(C(=O)C3CCC3)C2)OC1)c1ccccc1. The van der Waals surface area contributed by atoms with Gasteiger partial charge in [-0.1, -0.05) is 24.6 Å². The molecule has 1 aromatic rings. The largest absolute Gasteiger partial charge is 0.371 e. The Hall–Kier alpha value is -1.88. The van der Waals surface area contributed by atoms with E-state index in [1.54, 1.807) is 0 Å². The summed E-state index contributed by atoms with van der Waals surface area (Å²) in [5.74, 6) is 0.941. The first-order chi connectivity index (χ1) is 12.2. The molecule has 1 aromatic carbocycles. The van der Waals surface area contributed by atoms with Crippen LogP contribution >= 0.6 is 0 Å². The molecule has 3 aliphatic rings. The molecule has 1 atom stereocenters. The Bertz CT molecular complexity index is 626. The number of hydrogen-bond acceptors (Lipinski definition) is 3. The van der Waals surface area contributed by atoms with Crippen molar-refractivity contribution in [1.82, 2.24) is 10.2 Å². The van der Waals surface area contributed by atoms with Crippen molar-refractivity contribution in [2.24, 2.45) is 11.8 Å². The number of amides is 2. The van der Waals surface area contributed by atoms with Crippen LogP contribution in [0.25, 0.3) is 0 Å². The highest BCUT2D eigenvalue weighted by Gasteiger charge is 2.49. The van der Waals surface area contributed by atoms with Crippen molar-refractivity contribution in [3.05, 3.63) is 35.9 Å². The molecular formula is C20H26N2O3. The van der Waals surface area contributed by atoms with Gasteiger partial charge in [0.15, 0.2) is 0 Å². The molecule has 2 aliphatic heterocycles. The lowest BCUT2D eigenvalue weighted by Crippen LogP contribution is -2.67. The normalized spacial score (nSPS) is 25.1. The van der Waals surface area contributed by atoms with Crippen LogP contribution in [0, 0.1) is 11.8 Å². The maximum atomic E-state index is 12.2. The van der Waals surface area contributed by atoms with Gasteiger partial charge in [0.2, 0.25) is 5.91 Å². The van der Waals surface area contributed by atoms with Crippen molar-refractivity contribution in [2.75, 3.05) is 26.2 Å². The second-order valence-corrected chi connectivity index (χ2v) is 7.80. The Morgan fingerprint density at radius 1 is 1.16 bits per heavy atom. The Kier molecular flexibility index (Phi) is 4.50. The maximum Gasteiger partial charge on any atom is 0.251 e. The third-order valence-corrected chi connectivity index (χ3v) is 5.94. The highest BCUT2D eigenvalue weighted by atomic mass is 16.5. The second-order valence-electron chi connectivity index (χ2n) is 7.80. The smallest absolute Gasteiger partial charge is 0.251 e. The zero-order valence-electron chi connectivity index (χ0n) is 14.6. The van der Waals surface area contributed by atoms with Crippen LogP contribution in [0.1, 0.15) is 42.5 Å². The summed E-state index contributed by atoms with van der Waals surface area (Å²) in [5, 5.41) is 3.01. The number of carbonyl (C=O) groups excluding carboxylic acids is 2. The quantitative estimate of drug-likeness (QED) is 0.913. The fourth-order valence-corrected chi connectivity index (χ4v) is 3.97. The fourth-order valence-electron chi connectivity index (χ4n) is 3.97. The molecule has 1 saturated carbocycles.